The Kier molecular flexibility index (Phi) is 7.68. The van der Waals surface area contributed by atoms with Crippen LogP contribution in [0.25, 0.3) is 0 Å². The van der Waals surface area contributed by atoms with E-state index in [1.165, 1.54) is 11.9 Å². The number of carbonyl (C=O) groups excluding carboxylic acids is 2. The third-order valence-corrected chi connectivity index (χ3v) is 1.62. The number of rotatable bonds is 7. The van der Waals surface area contributed by atoms with Crippen molar-refractivity contribution in [3.63, 3.8) is 0 Å². The number of hydrogen-bond acceptors (Lipinski definition) is 6. The van der Waals surface area contributed by atoms with Gasteiger partial charge in [0.15, 0.2) is 0 Å². The average molecular weight is 260 g/mol. The highest BCUT2D eigenvalue weighted by Crippen LogP contribution is 1.93. The number of hydrogen-bond donors (Lipinski definition) is 4. The molecular formula is C10H20N4O4. The van der Waals surface area contributed by atoms with E-state index in [9.17, 15) is 14.7 Å². The van der Waals surface area contributed by atoms with Crippen LogP contribution in [0.15, 0.2) is 12.2 Å². The highest BCUT2D eigenvalue weighted by molar-refractivity contribution is 5.86. The van der Waals surface area contributed by atoms with Gasteiger partial charge in [0, 0.05) is 26.2 Å². The van der Waals surface area contributed by atoms with E-state index in [-0.39, 0.29) is 18.7 Å². The number of ether oxygens (including phenoxy) is 1. The number of amides is 2. The second-order valence-electron chi connectivity index (χ2n) is 3.87. The van der Waals surface area contributed by atoms with Crippen molar-refractivity contribution in [3.8, 4) is 0 Å². The summed E-state index contributed by atoms with van der Waals surface area (Å²) < 4.78 is 4.72. The first-order valence-corrected chi connectivity index (χ1v) is 5.30. The third-order valence-electron chi connectivity index (χ3n) is 1.62. The molecule has 0 radical (unpaired) electrons. The van der Waals surface area contributed by atoms with E-state index in [1.807, 2.05) is 0 Å². The van der Waals surface area contributed by atoms with Crippen molar-refractivity contribution in [2.75, 3.05) is 27.2 Å². The quantitative estimate of drug-likeness (QED) is 0.259. The summed E-state index contributed by atoms with van der Waals surface area (Å²) in [6.07, 6.45) is -0.923. The number of nitrogens with zero attached hydrogens (tertiary/aromatic N) is 1. The maximum atomic E-state index is 11.1. The molecule has 0 aliphatic heterocycles. The van der Waals surface area contributed by atoms with Crippen LogP contribution in [0.1, 0.15) is 6.92 Å². The normalized spacial score (nSPS) is 11.8. The van der Waals surface area contributed by atoms with E-state index in [1.54, 1.807) is 14.1 Å². The zero-order valence-electron chi connectivity index (χ0n) is 10.8. The molecule has 0 fully saturated rings. The molecule has 0 aromatic heterocycles. The fourth-order valence-electron chi connectivity index (χ4n) is 0.834. The standard InChI is InChI=1S/C10H20N4O4/c1-7(2)9(16)18-6-8(15)5-11-12-10(17)13-14(3)4/h8,11,15H,1,5-6H2,2-4H3,(H2,12,13,17). The molecule has 0 bridgehead atoms. The molecule has 8 heteroatoms. The monoisotopic (exact) mass is 260 g/mol. The second-order valence-corrected chi connectivity index (χ2v) is 3.87. The second kappa shape index (κ2) is 8.45. The first-order chi connectivity index (χ1) is 8.32. The van der Waals surface area contributed by atoms with Gasteiger partial charge in [-0.25, -0.2) is 20.0 Å². The summed E-state index contributed by atoms with van der Waals surface area (Å²) in [5.74, 6) is -0.563. The smallest absolute Gasteiger partial charge is 0.343 e. The molecule has 104 valence electrons. The van der Waals surface area contributed by atoms with Crippen LogP contribution in [0.2, 0.25) is 0 Å². The van der Waals surface area contributed by atoms with Gasteiger partial charge in [-0.05, 0) is 6.92 Å². The molecule has 0 saturated carbocycles. The van der Waals surface area contributed by atoms with Crippen LogP contribution in [0.5, 0.6) is 0 Å². The van der Waals surface area contributed by atoms with Crippen molar-refractivity contribution < 1.29 is 19.4 Å². The van der Waals surface area contributed by atoms with E-state index >= 15 is 0 Å². The third kappa shape index (κ3) is 8.50. The first kappa shape index (κ1) is 16.4. The molecule has 4 N–H and O–H groups in total. The molecule has 0 heterocycles. The molecule has 0 spiro atoms. The Balaban J connectivity index is 3.65. The summed E-state index contributed by atoms with van der Waals surface area (Å²) >= 11 is 0. The fourth-order valence-corrected chi connectivity index (χ4v) is 0.834. The Morgan fingerprint density at radius 2 is 2.06 bits per heavy atom. The predicted molar refractivity (Wildman–Crippen MR) is 65.1 cm³/mol. The lowest BCUT2D eigenvalue weighted by molar-refractivity contribution is -0.141. The van der Waals surface area contributed by atoms with E-state index in [2.05, 4.69) is 22.9 Å². The SMILES string of the molecule is C=C(C)C(=O)OCC(O)CNNC(=O)NN(C)C. The molecule has 8 nitrogen and oxygen atoms in total. The summed E-state index contributed by atoms with van der Waals surface area (Å²) in [7, 11) is 3.32. The van der Waals surface area contributed by atoms with E-state index < -0.39 is 18.1 Å². The largest absolute Gasteiger partial charge is 0.460 e. The van der Waals surface area contributed by atoms with Gasteiger partial charge in [0.05, 0.1) is 0 Å². The lowest BCUT2D eigenvalue weighted by atomic mass is 10.3. The van der Waals surface area contributed by atoms with E-state index in [4.69, 9.17) is 4.74 Å². The van der Waals surface area contributed by atoms with Gasteiger partial charge in [-0.2, -0.15) is 0 Å². The Morgan fingerprint density at radius 1 is 1.44 bits per heavy atom. The van der Waals surface area contributed by atoms with E-state index in [0.29, 0.717) is 0 Å². The lowest BCUT2D eigenvalue weighted by Gasteiger charge is -2.15. The maximum absolute atomic E-state index is 11.1. The van der Waals surface area contributed by atoms with Crippen molar-refractivity contribution in [3.05, 3.63) is 12.2 Å². The fraction of sp³-hybridized carbons (Fsp3) is 0.600. The van der Waals surface area contributed by atoms with E-state index in [0.717, 1.165) is 0 Å². The summed E-state index contributed by atoms with van der Waals surface area (Å²) in [6, 6.07) is -0.467. The van der Waals surface area contributed by atoms with Gasteiger partial charge in [-0.1, -0.05) is 6.58 Å². The summed E-state index contributed by atoms with van der Waals surface area (Å²) in [5, 5.41) is 10.9. The van der Waals surface area contributed by atoms with Gasteiger partial charge in [0.1, 0.15) is 12.7 Å². The molecule has 0 aliphatic rings. The zero-order valence-corrected chi connectivity index (χ0v) is 10.8. The molecule has 2 amide bonds. The van der Waals surface area contributed by atoms with Gasteiger partial charge in [-0.15, -0.1) is 0 Å². The van der Waals surface area contributed by atoms with Crippen molar-refractivity contribution in [1.82, 2.24) is 21.3 Å². The minimum atomic E-state index is -0.923. The van der Waals surface area contributed by atoms with Crippen LogP contribution in [0, 0.1) is 0 Å². The Labute approximate surface area is 106 Å². The van der Waals surface area contributed by atoms with Gasteiger partial charge < -0.3 is 9.84 Å². The van der Waals surface area contributed by atoms with Crippen LogP contribution in [0.3, 0.4) is 0 Å². The van der Waals surface area contributed by atoms with Crippen LogP contribution in [-0.2, 0) is 9.53 Å². The van der Waals surface area contributed by atoms with Crippen LogP contribution in [0.4, 0.5) is 4.79 Å². The van der Waals surface area contributed by atoms with Crippen molar-refractivity contribution >= 4 is 12.0 Å². The van der Waals surface area contributed by atoms with Gasteiger partial charge in [0.2, 0.25) is 0 Å². The predicted octanol–water partition coefficient (Wildman–Crippen LogP) is -1.25. The van der Waals surface area contributed by atoms with Crippen LogP contribution >= 0.6 is 0 Å². The molecule has 0 rings (SSSR count). The highest BCUT2D eigenvalue weighted by atomic mass is 16.5. The Bertz CT molecular complexity index is 306. The maximum Gasteiger partial charge on any atom is 0.343 e. The topological polar surface area (TPSA) is 103 Å². The minimum absolute atomic E-state index is 0.0460. The molecule has 0 aromatic carbocycles. The van der Waals surface area contributed by atoms with Crippen LogP contribution in [-0.4, -0.2) is 55.5 Å². The number of aliphatic hydroxyl groups excluding tert-OH is 1. The lowest BCUT2D eigenvalue weighted by Crippen LogP contribution is -2.50. The zero-order chi connectivity index (χ0) is 14.1. The molecule has 0 aliphatic carbocycles. The number of hydrazine groups is 2. The Morgan fingerprint density at radius 3 is 2.56 bits per heavy atom. The highest BCUT2D eigenvalue weighted by Gasteiger charge is 2.09. The Hall–Kier alpha value is -1.64. The molecule has 18 heavy (non-hydrogen) atoms. The average Bonchev–Trinajstić information content (AvgIpc) is 2.24. The summed E-state index contributed by atoms with van der Waals surface area (Å²) in [6.45, 7) is 4.79. The van der Waals surface area contributed by atoms with Crippen molar-refractivity contribution in [2.24, 2.45) is 0 Å². The van der Waals surface area contributed by atoms with Crippen molar-refractivity contribution in [1.29, 1.82) is 0 Å². The number of aliphatic hydroxyl groups is 1. The summed E-state index contributed by atoms with van der Waals surface area (Å²) in [5.41, 5.74) is 7.47. The van der Waals surface area contributed by atoms with Crippen LogP contribution < -0.4 is 16.3 Å². The van der Waals surface area contributed by atoms with Gasteiger partial charge in [-0.3, -0.25) is 10.9 Å². The molecule has 0 aromatic rings. The molecule has 1 atom stereocenters. The van der Waals surface area contributed by atoms with Gasteiger partial charge in [0.25, 0.3) is 0 Å². The summed E-state index contributed by atoms with van der Waals surface area (Å²) in [4.78, 5) is 22.1. The number of urea groups is 1. The number of nitrogens with one attached hydrogen (secondary N) is 3. The number of carbonyl (C=O) groups is 2. The first-order valence-electron chi connectivity index (χ1n) is 5.30. The van der Waals surface area contributed by atoms with Gasteiger partial charge >= 0.3 is 12.0 Å². The minimum Gasteiger partial charge on any atom is -0.460 e. The molecular weight excluding hydrogens is 240 g/mol. The number of esters is 1. The van der Waals surface area contributed by atoms with Crippen molar-refractivity contribution in [2.45, 2.75) is 13.0 Å². The molecule has 1 unspecified atom stereocenters. The molecule has 0 saturated heterocycles.